The molecule has 0 aromatic heterocycles. The quantitative estimate of drug-likeness (QED) is 0.679. The van der Waals surface area contributed by atoms with Gasteiger partial charge in [-0.2, -0.15) is 0 Å². The van der Waals surface area contributed by atoms with E-state index in [1.54, 1.807) is 24.3 Å². The lowest BCUT2D eigenvalue weighted by Gasteiger charge is -2.06. The first-order valence-electron chi connectivity index (χ1n) is 5.42. The van der Waals surface area contributed by atoms with Gasteiger partial charge in [-0.3, -0.25) is 10.1 Å². The molecule has 2 rings (SSSR count). The van der Waals surface area contributed by atoms with Crippen LogP contribution in [0.5, 0.6) is 0 Å². The van der Waals surface area contributed by atoms with Gasteiger partial charge in [0.05, 0.1) is 10.5 Å². The molecule has 102 valence electrons. The van der Waals surface area contributed by atoms with E-state index >= 15 is 0 Å². The van der Waals surface area contributed by atoms with E-state index in [1.807, 2.05) is 0 Å². The van der Waals surface area contributed by atoms with Gasteiger partial charge in [-0.1, -0.05) is 23.4 Å². The number of nitro groups is 1. The molecule has 5 nitrogen and oxygen atoms in total. The number of nitrogens with zero attached hydrogens (tertiary/aromatic N) is 1. The third-order valence-corrected chi connectivity index (χ3v) is 3.77. The Balaban J connectivity index is 2.41. The number of carboxylic acids is 1. The van der Waals surface area contributed by atoms with Crippen molar-refractivity contribution in [3.8, 4) is 0 Å². The van der Waals surface area contributed by atoms with Gasteiger partial charge in [-0.15, -0.1) is 0 Å². The first-order valence-corrected chi connectivity index (χ1v) is 6.62. The fourth-order valence-electron chi connectivity index (χ4n) is 1.52. The molecule has 0 heterocycles. The van der Waals surface area contributed by atoms with E-state index < -0.39 is 10.9 Å². The minimum atomic E-state index is -1.13. The number of non-ortho nitro benzene ring substituents is 1. The molecular weight excluding hydrogens is 302 g/mol. The maximum atomic E-state index is 11.1. The van der Waals surface area contributed by atoms with Crippen LogP contribution in [0.3, 0.4) is 0 Å². The Labute approximate surface area is 123 Å². The second-order valence-corrected chi connectivity index (χ2v) is 5.35. The Morgan fingerprint density at radius 3 is 2.40 bits per heavy atom. The maximum Gasteiger partial charge on any atom is 0.336 e. The van der Waals surface area contributed by atoms with Crippen molar-refractivity contribution in [1.82, 2.24) is 0 Å². The maximum absolute atomic E-state index is 11.1. The number of halogens is 1. The van der Waals surface area contributed by atoms with Gasteiger partial charge in [0.2, 0.25) is 0 Å². The average Bonchev–Trinajstić information content (AvgIpc) is 2.41. The largest absolute Gasteiger partial charge is 0.478 e. The summed E-state index contributed by atoms with van der Waals surface area (Å²) in [4.78, 5) is 22.4. The van der Waals surface area contributed by atoms with Crippen molar-refractivity contribution in [3.63, 3.8) is 0 Å². The molecule has 1 N–H and O–H groups in total. The Morgan fingerprint density at radius 1 is 1.20 bits per heavy atom. The summed E-state index contributed by atoms with van der Waals surface area (Å²) in [6.45, 7) is 0. The van der Waals surface area contributed by atoms with Crippen molar-refractivity contribution in [2.24, 2.45) is 0 Å². The summed E-state index contributed by atoms with van der Waals surface area (Å²) in [5, 5.41) is 20.4. The van der Waals surface area contributed by atoms with Crippen LogP contribution in [0, 0.1) is 10.1 Å². The van der Waals surface area contributed by atoms with Crippen LogP contribution in [0.4, 0.5) is 5.69 Å². The normalized spacial score (nSPS) is 10.2. The highest BCUT2D eigenvalue weighted by molar-refractivity contribution is 7.99. The molecule has 0 fully saturated rings. The third-order valence-electron chi connectivity index (χ3n) is 2.45. The second-order valence-electron chi connectivity index (χ2n) is 3.80. The van der Waals surface area contributed by atoms with Crippen molar-refractivity contribution in [2.75, 3.05) is 0 Å². The molecule has 0 saturated carbocycles. The molecule has 0 aliphatic carbocycles. The predicted octanol–water partition coefficient (Wildman–Crippen LogP) is 4.10. The Bertz CT molecular complexity index is 673. The van der Waals surface area contributed by atoms with Crippen LogP contribution in [0.1, 0.15) is 10.4 Å². The summed E-state index contributed by atoms with van der Waals surface area (Å²) in [6, 6.07) is 10.4. The van der Waals surface area contributed by atoms with Crippen molar-refractivity contribution in [1.29, 1.82) is 0 Å². The number of aromatic carboxylic acids is 1. The van der Waals surface area contributed by atoms with Crippen molar-refractivity contribution in [3.05, 3.63) is 63.2 Å². The van der Waals surface area contributed by atoms with Gasteiger partial charge in [0.1, 0.15) is 0 Å². The topological polar surface area (TPSA) is 80.4 Å². The Hall–Kier alpha value is -2.05. The molecule has 7 heteroatoms. The summed E-state index contributed by atoms with van der Waals surface area (Å²) < 4.78 is 0. The molecule has 0 atom stereocenters. The lowest BCUT2D eigenvalue weighted by molar-refractivity contribution is -0.385. The van der Waals surface area contributed by atoms with E-state index in [0.29, 0.717) is 9.92 Å². The minimum Gasteiger partial charge on any atom is -0.478 e. The summed E-state index contributed by atoms with van der Waals surface area (Å²) >= 11 is 6.91. The number of carbonyl (C=O) groups is 1. The smallest absolute Gasteiger partial charge is 0.336 e. The van der Waals surface area contributed by atoms with Gasteiger partial charge in [0, 0.05) is 26.9 Å². The van der Waals surface area contributed by atoms with E-state index in [2.05, 4.69) is 0 Å². The summed E-state index contributed by atoms with van der Waals surface area (Å²) in [5.74, 6) is -1.13. The van der Waals surface area contributed by atoms with Crippen LogP contribution >= 0.6 is 23.4 Å². The zero-order valence-corrected chi connectivity index (χ0v) is 11.5. The molecule has 2 aromatic carbocycles. The van der Waals surface area contributed by atoms with Crippen LogP contribution in [-0.2, 0) is 0 Å². The van der Waals surface area contributed by atoms with Crippen molar-refractivity contribution < 1.29 is 14.8 Å². The number of benzene rings is 2. The molecule has 0 aliphatic heterocycles. The summed E-state index contributed by atoms with van der Waals surface area (Å²) in [6.07, 6.45) is 0. The molecule has 0 unspecified atom stereocenters. The van der Waals surface area contributed by atoms with Gasteiger partial charge in [0.15, 0.2) is 0 Å². The minimum absolute atomic E-state index is 0.0237. The fourth-order valence-corrected chi connectivity index (χ4v) is 2.61. The van der Waals surface area contributed by atoms with E-state index in [-0.39, 0.29) is 11.3 Å². The summed E-state index contributed by atoms with van der Waals surface area (Å²) in [5.41, 5.74) is -0.123. The molecule has 2 aromatic rings. The van der Waals surface area contributed by atoms with Crippen molar-refractivity contribution in [2.45, 2.75) is 9.79 Å². The van der Waals surface area contributed by atoms with E-state index in [4.69, 9.17) is 16.7 Å². The summed E-state index contributed by atoms with van der Waals surface area (Å²) in [7, 11) is 0. The standard InChI is InChI=1S/C13H8ClNO4S/c14-8-1-4-10(5-2-8)20-12-7-9(15(18)19)3-6-11(12)13(16)17/h1-7H,(H,16,17). The van der Waals surface area contributed by atoms with Gasteiger partial charge >= 0.3 is 5.97 Å². The van der Waals surface area contributed by atoms with Gasteiger partial charge in [-0.25, -0.2) is 4.79 Å². The van der Waals surface area contributed by atoms with Crippen molar-refractivity contribution >= 4 is 35.0 Å². The van der Waals surface area contributed by atoms with Crippen LogP contribution in [0.2, 0.25) is 5.02 Å². The molecule has 0 spiro atoms. The molecule has 0 bridgehead atoms. The monoisotopic (exact) mass is 309 g/mol. The molecular formula is C13H8ClNO4S. The fraction of sp³-hybridized carbons (Fsp3) is 0. The first kappa shape index (κ1) is 14.4. The molecule has 20 heavy (non-hydrogen) atoms. The molecule has 0 radical (unpaired) electrons. The highest BCUT2D eigenvalue weighted by Crippen LogP contribution is 2.33. The van der Waals surface area contributed by atoms with Crippen LogP contribution in [0.25, 0.3) is 0 Å². The lowest BCUT2D eigenvalue weighted by atomic mass is 10.2. The van der Waals surface area contributed by atoms with E-state index in [0.717, 1.165) is 16.7 Å². The van der Waals surface area contributed by atoms with E-state index in [1.165, 1.54) is 18.2 Å². The number of nitro benzene ring substituents is 1. The SMILES string of the molecule is O=C(O)c1ccc([N+](=O)[O-])cc1Sc1ccc(Cl)cc1. The number of hydrogen-bond acceptors (Lipinski definition) is 4. The third kappa shape index (κ3) is 3.28. The average molecular weight is 310 g/mol. The van der Waals surface area contributed by atoms with Crippen LogP contribution in [0.15, 0.2) is 52.3 Å². The lowest BCUT2D eigenvalue weighted by Crippen LogP contribution is -2.00. The highest BCUT2D eigenvalue weighted by atomic mass is 35.5. The van der Waals surface area contributed by atoms with Gasteiger partial charge in [0.25, 0.3) is 5.69 Å². The second kappa shape index (κ2) is 5.94. The first-order chi connectivity index (χ1) is 9.47. The number of carboxylic acid groups (broad SMARTS) is 1. The zero-order valence-electron chi connectivity index (χ0n) is 9.95. The molecule has 0 aliphatic rings. The Morgan fingerprint density at radius 2 is 1.85 bits per heavy atom. The van der Waals surface area contributed by atoms with E-state index in [9.17, 15) is 14.9 Å². The molecule has 0 amide bonds. The number of hydrogen-bond donors (Lipinski definition) is 1. The Kier molecular flexibility index (Phi) is 4.26. The van der Waals surface area contributed by atoms with Crippen LogP contribution < -0.4 is 0 Å². The van der Waals surface area contributed by atoms with Gasteiger partial charge in [-0.05, 0) is 30.3 Å². The predicted molar refractivity (Wildman–Crippen MR) is 75.6 cm³/mol. The molecule has 0 saturated heterocycles. The van der Waals surface area contributed by atoms with Crippen LogP contribution in [-0.4, -0.2) is 16.0 Å². The zero-order chi connectivity index (χ0) is 14.7. The highest BCUT2D eigenvalue weighted by Gasteiger charge is 2.16. The number of rotatable bonds is 4. The van der Waals surface area contributed by atoms with Gasteiger partial charge < -0.3 is 5.11 Å².